The van der Waals surface area contributed by atoms with Crippen LogP contribution in [0.3, 0.4) is 0 Å². The third-order valence-corrected chi connectivity index (χ3v) is 6.33. The Labute approximate surface area is 192 Å². The Morgan fingerprint density at radius 1 is 1.00 bits per heavy atom. The minimum Gasteiger partial charge on any atom is -0.508 e. The molecule has 0 aromatic heterocycles. The van der Waals surface area contributed by atoms with Crippen molar-refractivity contribution < 1.29 is 14.9 Å². The second-order valence-electron chi connectivity index (χ2n) is 7.86. The minimum atomic E-state index is -0.446. The highest BCUT2D eigenvalue weighted by Crippen LogP contribution is 2.36. The maximum absolute atomic E-state index is 10.3. The molecule has 0 radical (unpaired) electrons. The van der Waals surface area contributed by atoms with Gasteiger partial charge in [0.25, 0.3) is 0 Å². The lowest BCUT2D eigenvalue weighted by atomic mass is 9.90. The summed E-state index contributed by atoms with van der Waals surface area (Å²) in [7, 11) is 0. The number of halogens is 2. The van der Waals surface area contributed by atoms with E-state index in [-0.39, 0.29) is 5.75 Å². The second kappa shape index (κ2) is 9.25. The van der Waals surface area contributed by atoms with E-state index in [2.05, 4.69) is 0 Å². The van der Waals surface area contributed by atoms with Crippen LogP contribution in [0.2, 0.25) is 10.0 Å². The number of aliphatic hydroxyl groups is 1. The predicted molar refractivity (Wildman–Crippen MR) is 126 cm³/mol. The lowest BCUT2D eigenvalue weighted by molar-refractivity contribution is 0.184. The highest BCUT2D eigenvalue weighted by atomic mass is 35.5. The third-order valence-electron chi connectivity index (χ3n) is 5.66. The summed E-state index contributed by atoms with van der Waals surface area (Å²) >= 11 is 13.1. The molecule has 1 atom stereocenters. The number of aromatic hydroxyl groups is 1. The zero-order valence-electron chi connectivity index (χ0n) is 17.2. The van der Waals surface area contributed by atoms with Gasteiger partial charge in [-0.15, -0.1) is 0 Å². The van der Waals surface area contributed by atoms with E-state index in [1.165, 1.54) is 0 Å². The molecule has 0 amide bonds. The molecular weight excluding hydrogens is 431 g/mol. The van der Waals surface area contributed by atoms with Crippen LogP contribution in [-0.2, 0) is 6.42 Å². The Balaban J connectivity index is 1.56. The van der Waals surface area contributed by atoms with Crippen molar-refractivity contribution in [3.63, 3.8) is 0 Å². The first kappa shape index (κ1) is 21.6. The van der Waals surface area contributed by atoms with Gasteiger partial charge < -0.3 is 14.9 Å². The lowest BCUT2D eigenvalue weighted by Gasteiger charge is -2.23. The van der Waals surface area contributed by atoms with Gasteiger partial charge in [-0.05, 0) is 72.7 Å². The van der Waals surface area contributed by atoms with Crippen molar-refractivity contribution in [1.82, 2.24) is 0 Å². The predicted octanol–water partition coefficient (Wildman–Crippen LogP) is 7.72. The number of rotatable bonds is 6. The molecule has 5 heteroatoms. The molecular formula is C26H24Cl2O3. The van der Waals surface area contributed by atoms with Crippen molar-refractivity contribution in [2.24, 2.45) is 0 Å². The molecule has 4 rings (SSSR count). The van der Waals surface area contributed by atoms with E-state index >= 15 is 0 Å². The van der Waals surface area contributed by atoms with Crippen molar-refractivity contribution in [3.05, 3.63) is 93.2 Å². The molecule has 0 saturated heterocycles. The molecule has 3 aromatic rings. The first-order chi connectivity index (χ1) is 14.9. The van der Waals surface area contributed by atoms with Gasteiger partial charge >= 0.3 is 0 Å². The normalized spacial score (nSPS) is 14.1. The van der Waals surface area contributed by atoms with Crippen LogP contribution in [0.4, 0.5) is 0 Å². The van der Waals surface area contributed by atoms with E-state index in [4.69, 9.17) is 27.9 Å². The number of phenolic OH excluding ortho intramolecular Hbond substituents is 1. The molecule has 1 fully saturated rings. The van der Waals surface area contributed by atoms with Crippen molar-refractivity contribution in [1.29, 1.82) is 0 Å². The second-order valence-corrected chi connectivity index (χ2v) is 8.68. The van der Waals surface area contributed by atoms with Gasteiger partial charge in [0.15, 0.2) is 6.10 Å². The SMILES string of the molecule is CC(Oc1cc(Cl)c(Cc2ccc(O)c(-c3ccccc3)c2)c(Cl)c1)C(O)=C1CCC1. The number of allylic oxidation sites excluding steroid dienone is 1. The summed E-state index contributed by atoms with van der Waals surface area (Å²) in [6.07, 6.45) is 3.04. The monoisotopic (exact) mass is 454 g/mol. The van der Waals surface area contributed by atoms with E-state index in [9.17, 15) is 10.2 Å². The molecule has 31 heavy (non-hydrogen) atoms. The van der Waals surface area contributed by atoms with Crippen molar-refractivity contribution in [2.45, 2.75) is 38.7 Å². The van der Waals surface area contributed by atoms with Gasteiger partial charge in [-0.1, -0.05) is 59.6 Å². The molecule has 0 spiro atoms. The largest absolute Gasteiger partial charge is 0.508 e. The number of aliphatic hydroxyl groups excluding tert-OH is 1. The molecule has 1 aliphatic carbocycles. The Hall–Kier alpha value is -2.62. The molecule has 160 valence electrons. The number of phenols is 1. The summed E-state index contributed by atoms with van der Waals surface area (Å²) in [4.78, 5) is 0. The van der Waals surface area contributed by atoms with Gasteiger partial charge in [0, 0.05) is 22.0 Å². The van der Waals surface area contributed by atoms with Gasteiger partial charge in [0.05, 0.1) is 0 Å². The molecule has 2 N–H and O–H groups in total. The summed E-state index contributed by atoms with van der Waals surface area (Å²) < 4.78 is 5.88. The van der Waals surface area contributed by atoms with Gasteiger partial charge in [-0.25, -0.2) is 0 Å². The summed E-state index contributed by atoms with van der Waals surface area (Å²) in [6, 6.07) is 18.7. The summed E-state index contributed by atoms with van der Waals surface area (Å²) in [5.41, 5.74) is 4.53. The van der Waals surface area contributed by atoms with E-state index in [1.54, 1.807) is 18.2 Å². The average molecular weight is 455 g/mol. The fraction of sp³-hybridized carbons (Fsp3) is 0.231. The summed E-state index contributed by atoms with van der Waals surface area (Å²) in [6.45, 7) is 1.82. The Bertz CT molecular complexity index is 1090. The van der Waals surface area contributed by atoms with Crippen molar-refractivity contribution in [2.75, 3.05) is 0 Å². The number of ether oxygens (including phenoxy) is 1. The van der Waals surface area contributed by atoms with E-state index < -0.39 is 6.10 Å². The summed E-state index contributed by atoms with van der Waals surface area (Å²) in [5.74, 6) is 1.05. The van der Waals surface area contributed by atoms with Gasteiger partial charge in [-0.3, -0.25) is 0 Å². The first-order valence-electron chi connectivity index (χ1n) is 10.3. The molecule has 3 aromatic carbocycles. The third kappa shape index (κ3) is 4.84. The quantitative estimate of drug-likeness (QED) is 0.374. The van der Waals surface area contributed by atoms with Gasteiger partial charge in [0.1, 0.15) is 17.3 Å². The fourth-order valence-electron chi connectivity index (χ4n) is 3.72. The van der Waals surface area contributed by atoms with Crippen LogP contribution in [0.15, 0.2) is 72.0 Å². The standard InChI is InChI=1S/C26H24Cl2O3/c1-16(26(30)19-8-5-9-19)31-20-14-23(27)22(24(28)15-20)13-17-10-11-25(29)21(12-17)18-6-3-2-4-7-18/h2-4,6-7,10-12,14-16,29-30H,5,8-9,13H2,1H3. The Kier molecular flexibility index (Phi) is 6.45. The number of benzene rings is 3. The van der Waals surface area contributed by atoms with Crippen LogP contribution in [0.5, 0.6) is 11.5 Å². The molecule has 0 bridgehead atoms. The fourth-order valence-corrected chi connectivity index (χ4v) is 4.32. The zero-order valence-corrected chi connectivity index (χ0v) is 18.7. The van der Waals surface area contributed by atoms with Gasteiger partial charge in [0.2, 0.25) is 0 Å². The number of hydrogen-bond donors (Lipinski definition) is 2. The average Bonchev–Trinajstić information content (AvgIpc) is 2.71. The maximum Gasteiger partial charge on any atom is 0.152 e. The van der Waals surface area contributed by atoms with Crippen LogP contribution in [-0.4, -0.2) is 16.3 Å². The highest BCUT2D eigenvalue weighted by Gasteiger charge is 2.20. The molecule has 1 unspecified atom stereocenters. The molecule has 1 aliphatic rings. The van der Waals surface area contributed by atoms with Crippen LogP contribution in [0.25, 0.3) is 11.1 Å². The Morgan fingerprint density at radius 3 is 2.29 bits per heavy atom. The van der Waals surface area contributed by atoms with E-state index in [1.807, 2.05) is 49.4 Å². The zero-order chi connectivity index (χ0) is 22.0. The first-order valence-corrected chi connectivity index (χ1v) is 11.1. The summed E-state index contributed by atoms with van der Waals surface area (Å²) in [5, 5.41) is 21.6. The van der Waals surface area contributed by atoms with E-state index in [0.29, 0.717) is 28.0 Å². The maximum atomic E-state index is 10.3. The van der Waals surface area contributed by atoms with Crippen molar-refractivity contribution >= 4 is 23.2 Å². The smallest absolute Gasteiger partial charge is 0.152 e. The molecule has 1 saturated carbocycles. The van der Waals surface area contributed by atoms with Crippen LogP contribution in [0, 0.1) is 0 Å². The highest BCUT2D eigenvalue weighted by molar-refractivity contribution is 6.36. The van der Waals surface area contributed by atoms with Crippen LogP contribution in [0.1, 0.15) is 37.3 Å². The Morgan fingerprint density at radius 2 is 1.68 bits per heavy atom. The minimum absolute atomic E-state index is 0.227. The van der Waals surface area contributed by atoms with Crippen LogP contribution >= 0.6 is 23.2 Å². The van der Waals surface area contributed by atoms with Crippen molar-refractivity contribution in [3.8, 4) is 22.6 Å². The number of hydrogen-bond acceptors (Lipinski definition) is 3. The van der Waals surface area contributed by atoms with Crippen LogP contribution < -0.4 is 4.74 Å². The molecule has 3 nitrogen and oxygen atoms in total. The molecule has 0 heterocycles. The molecule has 0 aliphatic heterocycles. The van der Waals surface area contributed by atoms with E-state index in [0.717, 1.165) is 47.1 Å². The van der Waals surface area contributed by atoms with Gasteiger partial charge in [-0.2, -0.15) is 0 Å². The topological polar surface area (TPSA) is 49.7 Å². The lowest BCUT2D eigenvalue weighted by Crippen LogP contribution is -2.19.